The average molecular weight is 283 g/mol. The Morgan fingerprint density at radius 1 is 1.30 bits per heavy atom. The molecule has 2 atom stereocenters. The molecule has 0 radical (unpaired) electrons. The zero-order valence-corrected chi connectivity index (χ0v) is 12.8. The van der Waals surface area contributed by atoms with Crippen LogP contribution in [0.15, 0.2) is 0 Å². The normalized spacial score (nSPS) is 22.8. The molecule has 1 aliphatic rings. The van der Waals surface area contributed by atoms with Crippen LogP contribution < -0.4 is 11.5 Å². The van der Waals surface area contributed by atoms with Crippen molar-refractivity contribution in [3.63, 3.8) is 0 Å². The lowest BCUT2D eigenvalue weighted by atomic mass is 9.83. The largest absolute Gasteiger partial charge is 0.368 e. The molecule has 0 bridgehead atoms. The summed E-state index contributed by atoms with van der Waals surface area (Å²) in [6.45, 7) is 4.68. The van der Waals surface area contributed by atoms with Crippen LogP contribution in [0.4, 0.5) is 0 Å². The van der Waals surface area contributed by atoms with Gasteiger partial charge in [0, 0.05) is 19.0 Å². The van der Waals surface area contributed by atoms with Gasteiger partial charge in [0.2, 0.25) is 11.8 Å². The Balaban J connectivity index is 2.42. The molecule has 0 aliphatic heterocycles. The second kappa shape index (κ2) is 8.25. The third kappa shape index (κ3) is 6.37. The minimum absolute atomic E-state index is 0.0290. The molecule has 0 aromatic carbocycles. The summed E-state index contributed by atoms with van der Waals surface area (Å²) in [5.41, 5.74) is 11.2. The topological polar surface area (TPSA) is 89.4 Å². The lowest BCUT2D eigenvalue weighted by molar-refractivity contribution is -0.136. The van der Waals surface area contributed by atoms with E-state index in [0.29, 0.717) is 30.8 Å². The molecule has 4 N–H and O–H groups in total. The molecule has 0 aromatic rings. The van der Waals surface area contributed by atoms with Crippen molar-refractivity contribution in [2.24, 2.45) is 23.3 Å². The summed E-state index contributed by atoms with van der Waals surface area (Å²) in [7, 11) is 0. The molecule has 116 valence electrons. The number of hydrogen-bond donors (Lipinski definition) is 2. The number of carbonyl (C=O) groups excluding carboxylic acids is 2. The van der Waals surface area contributed by atoms with Crippen molar-refractivity contribution in [1.82, 2.24) is 4.90 Å². The van der Waals surface area contributed by atoms with Gasteiger partial charge in [0.25, 0.3) is 0 Å². The van der Waals surface area contributed by atoms with E-state index in [1.807, 2.05) is 13.8 Å². The molecule has 1 rings (SSSR count). The van der Waals surface area contributed by atoms with E-state index in [2.05, 4.69) is 0 Å². The molecule has 2 amide bonds. The molecule has 0 heterocycles. The second-order valence-corrected chi connectivity index (χ2v) is 6.47. The van der Waals surface area contributed by atoms with Crippen LogP contribution in [0.5, 0.6) is 0 Å². The first-order valence-electron chi connectivity index (χ1n) is 7.70. The van der Waals surface area contributed by atoms with Gasteiger partial charge in [-0.25, -0.2) is 0 Å². The lowest BCUT2D eigenvalue weighted by Crippen LogP contribution is -2.40. The number of hydrogen-bond acceptors (Lipinski definition) is 3. The second-order valence-electron chi connectivity index (χ2n) is 6.47. The minimum Gasteiger partial charge on any atom is -0.368 e. The number of amides is 2. The fourth-order valence-corrected chi connectivity index (χ4v) is 2.96. The van der Waals surface area contributed by atoms with Crippen LogP contribution >= 0.6 is 0 Å². The smallest absolute Gasteiger partial charge is 0.237 e. The van der Waals surface area contributed by atoms with Crippen molar-refractivity contribution < 1.29 is 9.59 Å². The van der Waals surface area contributed by atoms with Crippen molar-refractivity contribution in [1.29, 1.82) is 0 Å². The maximum Gasteiger partial charge on any atom is 0.237 e. The third-order valence-electron chi connectivity index (χ3n) is 3.87. The number of primary amides is 1. The maximum absolute atomic E-state index is 12.2. The van der Waals surface area contributed by atoms with E-state index in [1.54, 1.807) is 4.90 Å². The fraction of sp³-hybridized carbons (Fsp3) is 0.867. The molecular formula is C15H29N3O2. The highest BCUT2D eigenvalue weighted by Crippen LogP contribution is 2.27. The lowest BCUT2D eigenvalue weighted by Gasteiger charge is -2.28. The van der Waals surface area contributed by atoms with Crippen LogP contribution in [0.25, 0.3) is 0 Å². The molecule has 0 aromatic heterocycles. The van der Waals surface area contributed by atoms with Crippen LogP contribution in [-0.2, 0) is 9.59 Å². The maximum atomic E-state index is 12.2. The Kier molecular flexibility index (Phi) is 6.99. The Hall–Kier alpha value is -1.10. The average Bonchev–Trinajstić information content (AvgIpc) is 2.34. The molecule has 2 unspecified atom stereocenters. The Labute approximate surface area is 122 Å². The highest BCUT2D eigenvalue weighted by molar-refractivity contribution is 5.83. The van der Waals surface area contributed by atoms with E-state index in [4.69, 9.17) is 11.5 Å². The number of rotatable bonds is 7. The van der Waals surface area contributed by atoms with Crippen molar-refractivity contribution in [2.75, 3.05) is 13.1 Å². The Bertz CT molecular complexity index is 331. The first-order valence-corrected chi connectivity index (χ1v) is 7.70. The first-order chi connectivity index (χ1) is 9.38. The fourth-order valence-electron chi connectivity index (χ4n) is 2.96. The van der Waals surface area contributed by atoms with Crippen molar-refractivity contribution in [3.8, 4) is 0 Å². The Morgan fingerprint density at radius 3 is 2.55 bits per heavy atom. The number of carbonyl (C=O) groups is 2. The highest BCUT2D eigenvalue weighted by atomic mass is 16.2. The van der Waals surface area contributed by atoms with Gasteiger partial charge in [0.05, 0.1) is 6.54 Å². The summed E-state index contributed by atoms with van der Waals surface area (Å²) in [6, 6.07) is 0.293. The predicted octanol–water partition coefficient (Wildman–Crippen LogP) is 1.25. The summed E-state index contributed by atoms with van der Waals surface area (Å²) < 4.78 is 0. The van der Waals surface area contributed by atoms with Gasteiger partial charge in [-0.05, 0) is 31.1 Å². The monoisotopic (exact) mass is 283 g/mol. The van der Waals surface area contributed by atoms with Gasteiger partial charge in [0.1, 0.15) is 0 Å². The highest BCUT2D eigenvalue weighted by Gasteiger charge is 2.22. The molecule has 1 aliphatic carbocycles. The van der Waals surface area contributed by atoms with Crippen LogP contribution in [0.2, 0.25) is 0 Å². The van der Waals surface area contributed by atoms with E-state index in [0.717, 1.165) is 25.7 Å². The van der Waals surface area contributed by atoms with Crippen LogP contribution in [0.3, 0.4) is 0 Å². The first kappa shape index (κ1) is 17.0. The van der Waals surface area contributed by atoms with Gasteiger partial charge in [-0.15, -0.1) is 0 Å². The molecule has 20 heavy (non-hydrogen) atoms. The molecule has 1 saturated carbocycles. The molecule has 0 saturated heterocycles. The molecular weight excluding hydrogens is 254 g/mol. The van der Waals surface area contributed by atoms with Gasteiger partial charge in [-0.2, -0.15) is 0 Å². The van der Waals surface area contributed by atoms with Crippen LogP contribution in [0, 0.1) is 11.8 Å². The standard InChI is InChI=1S/C15H29N3O2/c1-11(2)9-18(10-14(17)19)15(20)7-6-12-4-3-5-13(16)8-12/h11-13H,3-10,16H2,1-2H3,(H2,17,19). The van der Waals surface area contributed by atoms with Crippen LogP contribution in [-0.4, -0.2) is 35.8 Å². The number of nitrogens with two attached hydrogens (primary N) is 2. The van der Waals surface area contributed by atoms with Gasteiger partial charge in [-0.1, -0.05) is 26.7 Å². The third-order valence-corrected chi connectivity index (χ3v) is 3.87. The van der Waals surface area contributed by atoms with E-state index in [-0.39, 0.29) is 12.5 Å². The molecule has 5 nitrogen and oxygen atoms in total. The SMILES string of the molecule is CC(C)CN(CC(N)=O)C(=O)CCC1CCCC(N)C1. The van der Waals surface area contributed by atoms with Gasteiger partial charge in [0.15, 0.2) is 0 Å². The van der Waals surface area contributed by atoms with E-state index >= 15 is 0 Å². The van der Waals surface area contributed by atoms with Crippen molar-refractivity contribution in [2.45, 2.75) is 58.4 Å². The summed E-state index contributed by atoms with van der Waals surface area (Å²) >= 11 is 0. The van der Waals surface area contributed by atoms with E-state index in [9.17, 15) is 9.59 Å². The zero-order chi connectivity index (χ0) is 15.1. The minimum atomic E-state index is -0.446. The zero-order valence-electron chi connectivity index (χ0n) is 12.8. The summed E-state index contributed by atoms with van der Waals surface area (Å²) in [5.74, 6) is 0.480. The van der Waals surface area contributed by atoms with Crippen molar-refractivity contribution in [3.05, 3.63) is 0 Å². The summed E-state index contributed by atoms with van der Waals surface area (Å²) in [4.78, 5) is 24.9. The van der Waals surface area contributed by atoms with Crippen LogP contribution in [0.1, 0.15) is 52.4 Å². The van der Waals surface area contributed by atoms with E-state index < -0.39 is 5.91 Å². The Morgan fingerprint density at radius 2 is 2.00 bits per heavy atom. The predicted molar refractivity (Wildman–Crippen MR) is 79.8 cm³/mol. The van der Waals surface area contributed by atoms with Crippen molar-refractivity contribution >= 4 is 11.8 Å². The summed E-state index contributed by atoms with van der Waals surface area (Å²) in [6.07, 6.45) is 5.83. The molecule has 0 spiro atoms. The van der Waals surface area contributed by atoms with Gasteiger partial charge in [-0.3, -0.25) is 9.59 Å². The number of nitrogens with zero attached hydrogens (tertiary/aromatic N) is 1. The molecule has 5 heteroatoms. The van der Waals surface area contributed by atoms with Gasteiger partial charge < -0.3 is 16.4 Å². The van der Waals surface area contributed by atoms with Gasteiger partial charge >= 0.3 is 0 Å². The molecule has 1 fully saturated rings. The summed E-state index contributed by atoms with van der Waals surface area (Å²) in [5, 5.41) is 0. The quantitative estimate of drug-likeness (QED) is 0.737. The van der Waals surface area contributed by atoms with E-state index in [1.165, 1.54) is 6.42 Å².